The Balaban J connectivity index is 0.00000116. The molecule has 22 heavy (non-hydrogen) atoms. The van der Waals surface area contributed by atoms with Crippen LogP contribution in [0.5, 0.6) is 0 Å². The Hall–Kier alpha value is -0.805. The highest BCUT2D eigenvalue weighted by Crippen LogP contribution is 2.40. The molecule has 1 aliphatic carbocycles. The third-order valence-electron chi connectivity index (χ3n) is 4.79. The summed E-state index contributed by atoms with van der Waals surface area (Å²) in [5.41, 5.74) is 0.632. The predicted octanol–water partition coefficient (Wildman–Crippen LogP) is 3.93. The van der Waals surface area contributed by atoms with Crippen molar-refractivity contribution in [3.05, 3.63) is 11.5 Å². The second-order valence-electron chi connectivity index (χ2n) is 6.79. The van der Waals surface area contributed by atoms with E-state index in [4.69, 9.17) is 14.0 Å². The maximum Gasteiger partial charge on any atom is 0.490 e. The molecule has 1 unspecified atom stereocenters. The molecule has 0 saturated carbocycles. The van der Waals surface area contributed by atoms with Gasteiger partial charge in [0.25, 0.3) is 0 Å². The van der Waals surface area contributed by atoms with Crippen molar-refractivity contribution < 1.29 is 18.8 Å². The van der Waals surface area contributed by atoms with E-state index in [0.717, 1.165) is 19.3 Å². The summed E-state index contributed by atoms with van der Waals surface area (Å²) < 4.78 is 16.8. The van der Waals surface area contributed by atoms with E-state index >= 15 is 0 Å². The van der Waals surface area contributed by atoms with E-state index in [-0.39, 0.29) is 24.3 Å². The molecular weight excluding hydrogens is 279 g/mol. The molecule has 0 bridgehead atoms. The Labute approximate surface area is 135 Å². The van der Waals surface area contributed by atoms with Crippen LogP contribution < -0.4 is 0 Å². The zero-order chi connectivity index (χ0) is 17.0. The molecule has 5 heteroatoms. The van der Waals surface area contributed by atoms with Crippen LogP contribution in [0.15, 0.2) is 11.5 Å². The highest BCUT2D eigenvalue weighted by Gasteiger charge is 2.52. The average molecular weight is 310 g/mol. The molecule has 2 rings (SSSR count). The Kier molecular flexibility index (Phi) is 6.69. The highest BCUT2D eigenvalue weighted by molar-refractivity contribution is 6.54. The molecule has 0 aromatic rings. The summed E-state index contributed by atoms with van der Waals surface area (Å²) in [4.78, 5) is 11.3. The monoisotopic (exact) mass is 310 g/mol. The van der Waals surface area contributed by atoms with Crippen molar-refractivity contribution in [2.45, 2.75) is 78.4 Å². The first-order valence-corrected chi connectivity index (χ1v) is 8.36. The normalized spacial score (nSPS) is 25.9. The van der Waals surface area contributed by atoms with Crippen molar-refractivity contribution in [3.63, 3.8) is 0 Å². The van der Waals surface area contributed by atoms with Crippen molar-refractivity contribution in [2.75, 3.05) is 7.11 Å². The van der Waals surface area contributed by atoms with Crippen LogP contribution >= 0.6 is 0 Å². The van der Waals surface area contributed by atoms with E-state index in [1.807, 2.05) is 13.8 Å². The van der Waals surface area contributed by atoms with E-state index in [2.05, 4.69) is 33.8 Å². The molecule has 0 amide bonds. The van der Waals surface area contributed by atoms with Crippen molar-refractivity contribution in [1.29, 1.82) is 0 Å². The standard InChI is InChI=1S/C15H25BO4.C2H6/c1-14(2)15(3,4)20-16(19-14)12-8-6-11(7-9-12)10-13(17)18-5;1-2/h8,11H,6-7,9-10H2,1-5H3;1-2H3. The lowest BCUT2D eigenvalue weighted by Gasteiger charge is -2.32. The van der Waals surface area contributed by atoms with Gasteiger partial charge in [-0.05, 0) is 58.3 Å². The molecule has 0 aromatic carbocycles. The summed E-state index contributed by atoms with van der Waals surface area (Å²) in [6.45, 7) is 12.3. The number of esters is 1. The fourth-order valence-electron chi connectivity index (χ4n) is 2.62. The molecular formula is C17H31BO4. The Morgan fingerprint density at radius 3 is 2.23 bits per heavy atom. The first-order chi connectivity index (χ1) is 10.2. The Morgan fingerprint density at radius 1 is 1.27 bits per heavy atom. The minimum Gasteiger partial charge on any atom is -0.469 e. The molecule has 0 radical (unpaired) electrons. The molecule has 1 heterocycles. The molecule has 1 atom stereocenters. The molecule has 0 aromatic heterocycles. The van der Waals surface area contributed by atoms with Crippen LogP contribution in [0, 0.1) is 5.92 Å². The molecule has 126 valence electrons. The van der Waals surface area contributed by atoms with Gasteiger partial charge in [0, 0.05) is 6.42 Å². The SMILES string of the molecule is CC.COC(=O)CC1CC=C(B2OC(C)(C)C(C)(C)O2)CC1. The summed E-state index contributed by atoms with van der Waals surface area (Å²) in [6.07, 6.45) is 5.50. The topological polar surface area (TPSA) is 44.8 Å². The smallest absolute Gasteiger partial charge is 0.469 e. The van der Waals surface area contributed by atoms with Crippen molar-refractivity contribution in [3.8, 4) is 0 Å². The predicted molar refractivity (Wildman–Crippen MR) is 89.5 cm³/mol. The minimum atomic E-state index is -0.290. The third kappa shape index (κ3) is 4.36. The van der Waals surface area contributed by atoms with E-state index in [1.54, 1.807) is 0 Å². The summed E-state index contributed by atoms with van der Waals surface area (Å²) >= 11 is 0. The van der Waals surface area contributed by atoms with Crippen molar-refractivity contribution in [1.82, 2.24) is 0 Å². The van der Waals surface area contributed by atoms with Gasteiger partial charge in [-0.15, -0.1) is 0 Å². The van der Waals surface area contributed by atoms with Crippen LogP contribution in [0.25, 0.3) is 0 Å². The number of allylic oxidation sites excluding steroid dienone is 2. The number of carbonyl (C=O) groups excluding carboxylic acids is 1. The number of hydrogen-bond donors (Lipinski definition) is 0. The van der Waals surface area contributed by atoms with Crippen LogP contribution in [-0.4, -0.2) is 31.4 Å². The lowest BCUT2D eigenvalue weighted by atomic mass is 9.70. The summed E-state index contributed by atoms with van der Waals surface area (Å²) in [5, 5.41) is 0. The van der Waals surface area contributed by atoms with Crippen LogP contribution in [0.2, 0.25) is 0 Å². The fourth-order valence-corrected chi connectivity index (χ4v) is 2.62. The molecule has 0 spiro atoms. The molecule has 1 aliphatic heterocycles. The molecule has 4 nitrogen and oxygen atoms in total. The maximum absolute atomic E-state index is 11.3. The second kappa shape index (κ2) is 7.65. The quantitative estimate of drug-likeness (QED) is 0.585. The van der Waals surface area contributed by atoms with Crippen LogP contribution in [0.4, 0.5) is 0 Å². The number of rotatable bonds is 3. The van der Waals surface area contributed by atoms with E-state index in [0.29, 0.717) is 12.3 Å². The number of hydrogen-bond acceptors (Lipinski definition) is 4. The van der Waals surface area contributed by atoms with Gasteiger partial charge < -0.3 is 14.0 Å². The van der Waals surface area contributed by atoms with Crippen LogP contribution in [0.3, 0.4) is 0 Å². The van der Waals surface area contributed by atoms with Gasteiger partial charge in [0.05, 0.1) is 18.3 Å². The summed E-state index contributed by atoms with van der Waals surface area (Å²) in [5.74, 6) is 0.260. The van der Waals surface area contributed by atoms with Gasteiger partial charge in [-0.1, -0.05) is 19.9 Å². The van der Waals surface area contributed by atoms with Gasteiger partial charge >= 0.3 is 13.1 Å². The zero-order valence-electron chi connectivity index (χ0n) is 15.2. The van der Waals surface area contributed by atoms with Crippen molar-refractivity contribution >= 4 is 13.1 Å². The van der Waals surface area contributed by atoms with Gasteiger partial charge in [0.2, 0.25) is 0 Å². The van der Waals surface area contributed by atoms with Crippen LogP contribution in [0.1, 0.15) is 67.2 Å². The third-order valence-corrected chi connectivity index (χ3v) is 4.79. The zero-order valence-corrected chi connectivity index (χ0v) is 15.2. The van der Waals surface area contributed by atoms with E-state index in [9.17, 15) is 4.79 Å². The lowest BCUT2D eigenvalue weighted by Crippen LogP contribution is -2.41. The fraction of sp³-hybridized carbons (Fsp3) is 0.824. The highest BCUT2D eigenvalue weighted by atomic mass is 16.7. The number of carbonyl (C=O) groups is 1. The van der Waals surface area contributed by atoms with Gasteiger partial charge in [0.1, 0.15) is 0 Å². The Bertz CT molecular complexity index is 399. The Morgan fingerprint density at radius 2 is 1.82 bits per heavy atom. The van der Waals surface area contributed by atoms with Gasteiger partial charge in [-0.2, -0.15) is 0 Å². The van der Waals surface area contributed by atoms with Gasteiger partial charge in [-0.25, -0.2) is 0 Å². The maximum atomic E-state index is 11.3. The first kappa shape index (κ1) is 19.2. The van der Waals surface area contributed by atoms with Gasteiger partial charge in [0.15, 0.2) is 0 Å². The van der Waals surface area contributed by atoms with Crippen LogP contribution in [-0.2, 0) is 18.8 Å². The minimum absolute atomic E-state index is 0.123. The number of ether oxygens (including phenoxy) is 1. The molecule has 0 N–H and O–H groups in total. The molecule has 2 aliphatic rings. The second-order valence-corrected chi connectivity index (χ2v) is 6.79. The lowest BCUT2D eigenvalue weighted by molar-refractivity contribution is -0.141. The van der Waals surface area contributed by atoms with E-state index in [1.165, 1.54) is 12.6 Å². The van der Waals surface area contributed by atoms with Gasteiger partial charge in [-0.3, -0.25) is 4.79 Å². The summed E-state index contributed by atoms with van der Waals surface area (Å²) in [7, 11) is 1.20. The number of methoxy groups -OCH3 is 1. The molecule has 1 fully saturated rings. The van der Waals surface area contributed by atoms with E-state index < -0.39 is 0 Å². The largest absolute Gasteiger partial charge is 0.490 e. The average Bonchev–Trinajstić information content (AvgIpc) is 2.70. The molecule has 1 saturated heterocycles. The first-order valence-electron chi connectivity index (χ1n) is 8.36. The summed E-state index contributed by atoms with van der Waals surface area (Å²) in [6, 6.07) is 0. The van der Waals surface area contributed by atoms with Crippen molar-refractivity contribution in [2.24, 2.45) is 5.92 Å².